The Labute approximate surface area is 122 Å². The van der Waals surface area contributed by atoms with Gasteiger partial charge in [-0.25, -0.2) is 9.07 Å². The maximum Gasteiger partial charge on any atom is 0.149 e. The van der Waals surface area contributed by atoms with Crippen molar-refractivity contribution in [1.82, 2.24) is 9.78 Å². The van der Waals surface area contributed by atoms with Gasteiger partial charge in [0.15, 0.2) is 0 Å². The zero-order chi connectivity index (χ0) is 14.7. The average Bonchev–Trinajstić information content (AvgIpc) is 2.98. The molecular weight excluding hydrogens is 265 g/mol. The third kappa shape index (κ3) is 2.85. The maximum absolute atomic E-state index is 14.2. The molecule has 3 aromatic rings. The van der Waals surface area contributed by atoms with Crippen molar-refractivity contribution in [3.8, 4) is 16.8 Å². The smallest absolute Gasteiger partial charge is 0.149 e. The van der Waals surface area contributed by atoms with E-state index < -0.39 is 0 Å². The van der Waals surface area contributed by atoms with Crippen LogP contribution < -0.4 is 5.73 Å². The van der Waals surface area contributed by atoms with Crippen LogP contribution in [0.4, 0.5) is 4.39 Å². The second-order valence-electron chi connectivity index (χ2n) is 4.86. The molecule has 0 radical (unpaired) electrons. The van der Waals surface area contributed by atoms with Crippen LogP contribution in [0.5, 0.6) is 0 Å². The predicted molar refractivity (Wildman–Crippen MR) is 81.7 cm³/mol. The third-order valence-corrected chi connectivity index (χ3v) is 3.38. The topological polar surface area (TPSA) is 43.8 Å². The number of nitrogens with two attached hydrogens (primary N) is 1. The first-order valence-electron chi connectivity index (χ1n) is 6.87. The molecular formula is C17H16FN3. The fraction of sp³-hybridized carbons (Fsp3) is 0.118. The molecule has 0 atom stereocenters. The number of hydrogen-bond acceptors (Lipinski definition) is 2. The summed E-state index contributed by atoms with van der Waals surface area (Å²) in [5.74, 6) is -0.288. The van der Waals surface area contributed by atoms with Crippen LogP contribution in [-0.2, 0) is 6.42 Å². The molecule has 1 heterocycles. The van der Waals surface area contributed by atoms with Crippen LogP contribution >= 0.6 is 0 Å². The minimum absolute atomic E-state index is 0.288. The Kier molecular flexibility index (Phi) is 3.79. The molecule has 21 heavy (non-hydrogen) atoms. The summed E-state index contributed by atoms with van der Waals surface area (Å²) in [6.45, 7) is 0.513. The van der Waals surface area contributed by atoms with Crippen LogP contribution in [-0.4, -0.2) is 16.3 Å². The molecule has 0 saturated carbocycles. The second-order valence-corrected chi connectivity index (χ2v) is 4.86. The van der Waals surface area contributed by atoms with Crippen LogP contribution in [0.25, 0.3) is 16.8 Å². The predicted octanol–water partition coefficient (Wildman–Crippen LogP) is 3.18. The normalized spacial score (nSPS) is 10.8. The molecule has 2 aromatic carbocycles. The Balaban J connectivity index is 1.93. The number of benzene rings is 2. The van der Waals surface area contributed by atoms with Gasteiger partial charge in [-0.05, 0) is 36.2 Å². The van der Waals surface area contributed by atoms with E-state index in [0.717, 1.165) is 16.7 Å². The van der Waals surface area contributed by atoms with Gasteiger partial charge in [-0.1, -0.05) is 36.4 Å². The molecule has 1 aromatic heterocycles. The van der Waals surface area contributed by atoms with Gasteiger partial charge in [0.2, 0.25) is 0 Å². The fourth-order valence-corrected chi connectivity index (χ4v) is 2.29. The molecule has 0 aliphatic rings. The van der Waals surface area contributed by atoms with E-state index in [1.807, 2.05) is 42.6 Å². The van der Waals surface area contributed by atoms with Gasteiger partial charge in [0.05, 0.1) is 6.20 Å². The summed E-state index contributed by atoms with van der Waals surface area (Å²) in [4.78, 5) is 0. The van der Waals surface area contributed by atoms with E-state index in [9.17, 15) is 4.39 Å². The Morgan fingerprint density at radius 2 is 1.86 bits per heavy atom. The number of aromatic nitrogens is 2. The van der Waals surface area contributed by atoms with Gasteiger partial charge < -0.3 is 5.73 Å². The van der Waals surface area contributed by atoms with Crippen molar-refractivity contribution in [1.29, 1.82) is 0 Å². The van der Waals surface area contributed by atoms with Crippen molar-refractivity contribution in [2.75, 3.05) is 6.54 Å². The van der Waals surface area contributed by atoms with Crippen molar-refractivity contribution < 1.29 is 4.39 Å². The first kappa shape index (κ1) is 13.5. The highest BCUT2D eigenvalue weighted by Crippen LogP contribution is 2.21. The maximum atomic E-state index is 14.2. The average molecular weight is 281 g/mol. The van der Waals surface area contributed by atoms with Gasteiger partial charge >= 0.3 is 0 Å². The minimum atomic E-state index is -0.288. The molecule has 2 N–H and O–H groups in total. The van der Waals surface area contributed by atoms with Crippen LogP contribution in [0.1, 0.15) is 5.56 Å². The lowest BCUT2D eigenvalue weighted by atomic mass is 10.1. The van der Waals surface area contributed by atoms with Gasteiger partial charge in [-0.2, -0.15) is 5.10 Å². The summed E-state index contributed by atoms with van der Waals surface area (Å²) in [7, 11) is 0. The summed E-state index contributed by atoms with van der Waals surface area (Å²) in [6, 6.07) is 15.0. The molecule has 0 saturated heterocycles. The highest BCUT2D eigenvalue weighted by molar-refractivity contribution is 5.62. The fourth-order valence-electron chi connectivity index (χ4n) is 2.29. The minimum Gasteiger partial charge on any atom is -0.330 e. The van der Waals surface area contributed by atoms with Crippen molar-refractivity contribution in [2.24, 2.45) is 5.73 Å². The Morgan fingerprint density at radius 1 is 1.05 bits per heavy atom. The summed E-state index contributed by atoms with van der Waals surface area (Å²) < 4.78 is 15.7. The highest BCUT2D eigenvalue weighted by Gasteiger charge is 2.08. The first-order valence-corrected chi connectivity index (χ1v) is 6.87. The van der Waals surface area contributed by atoms with E-state index in [1.54, 1.807) is 16.9 Å². The first-order chi connectivity index (χ1) is 10.3. The summed E-state index contributed by atoms with van der Waals surface area (Å²) >= 11 is 0. The van der Waals surface area contributed by atoms with Crippen molar-refractivity contribution in [3.63, 3.8) is 0 Å². The Morgan fingerprint density at radius 3 is 2.57 bits per heavy atom. The van der Waals surface area contributed by atoms with Gasteiger partial charge in [0.1, 0.15) is 11.5 Å². The van der Waals surface area contributed by atoms with Crippen LogP contribution in [0, 0.1) is 5.82 Å². The summed E-state index contributed by atoms with van der Waals surface area (Å²) in [6.07, 6.45) is 4.24. The Hall–Kier alpha value is -2.46. The molecule has 3 rings (SSSR count). The molecule has 106 valence electrons. The van der Waals surface area contributed by atoms with Gasteiger partial charge in [-0.15, -0.1) is 0 Å². The quantitative estimate of drug-likeness (QED) is 0.798. The molecule has 0 amide bonds. The van der Waals surface area contributed by atoms with E-state index in [2.05, 4.69) is 5.10 Å². The largest absolute Gasteiger partial charge is 0.330 e. The monoisotopic (exact) mass is 281 g/mol. The van der Waals surface area contributed by atoms with E-state index in [1.165, 1.54) is 6.07 Å². The van der Waals surface area contributed by atoms with E-state index in [4.69, 9.17) is 5.73 Å². The zero-order valence-corrected chi connectivity index (χ0v) is 11.5. The van der Waals surface area contributed by atoms with Gasteiger partial charge in [0.25, 0.3) is 0 Å². The SMILES string of the molecule is NCCc1ccc(-n2cc(-c3ccccc3)cn2)c(F)c1. The molecule has 0 aliphatic carbocycles. The number of hydrogen-bond donors (Lipinski definition) is 1. The van der Waals surface area contributed by atoms with Crippen molar-refractivity contribution in [3.05, 3.63) is 72.3 Å². The molecule has 4 heteroatoms. The van der Waals surface area contributed by atoms with Crippen molar-refractivity contribution in [2.45, 2.75) is 6.42 Å². The standard InChI is InChI=1S/C17H16FN3/c18-16-10-13(8-9-19)6-7-17(16)21-12-15(11-20-21)14-4-2-1-3-5-14/h1-7,10-12H,8-9,19H2. The van der Waals surface area contributed by atoms with Crippen LogP contribution in [0.3, 0.4) is 0 Å². The van der Waals surface area contributed by atoms with E-state index >= 15 is 0 Å². The summed E-state index contributed by atoms with van der Waals surface area (Å²) in [5, 5.41) is 4.25. The Bertz CT molecular complexity index is 735. The van der Waals surface area contributed by atoms with Gasteiger partial charge in [0, 0.05) is 11.8 Å². The molecule has 0 bridgehead atoms. The zero-order valence-electron chi connectivity index (χ0n) is 11.5. The lowest BCUT2D eigenvalue weighted by Gasteiger charge is -2.05. The lowest BCUT2D eigenvalue weighted by molar-refractivity contribution is 0.608. The highest BCUT2D eigenvalue weighted by atomic mass is 19.1. The van der Waals surface area contributed by atoms with Crippen LogP contribution in [0.15, 0.2) is 60.9 Å². The summed E-state index contributed by atoms with van der Waals surface area (Å²) in [5.41, 5.74) is 8.85. The van der Waals surface area contributed by atoms with Gasteiger partial charge in [-0.3, -0.25) is 0 Å². The lowest BCUT2D eigenvalue weighted by Crippen LogP contribution is -2.04. The molecule has 0 spiro atoms. The van der Waals surface area contributed by atoms with E-state index in [0.29, 0.717) is 18.7 Å². The van der Waals surface area contributed by atoms with Crippen molar-refractivity contribution >= 4 is 0 Å². The number of rotatable bonds is 4. The molecule has 0 aliphatic heterocycles. The number of halogens is 1. The number of nitrogens with zero attached hydrogens (tertiary/aromatic N) is 2. The third-order valence-electron chi connectivity index (χ3n) is 3.38. The molecule has 3 nitrogen and oxygen atoms in total. The van der Waals surface area contributed by atoms with E-state index in [-0.39, 0.29) is 5.82 Å². The van der Waals surface area contributed by atoms with Crippen LogP contribution in [0.2, 0.25) is 0 Å². The molecule has 0 unspecified atom stereocenters. The second kappa shape index (κ2) is 5.89. The molecule has 0 fully saturated rings.